The number of hydrogen-bond acceptors (Lipinski definition) is 3. The number of β-amino-alcohol motifs (C(OH)–C–C–N with tert-alkyl or cyclic N) is 1. The predicted molar refractivity (Wildman–Crippen MR) is 74.4 cm³/mol. The van der Waals surface area contributed by atoms with Gasteiger partial charge in [0.1, 0.15) is 0 Å². The summed E-state index contributed by atoms with van der Waals surface area (Å²) < 4.78 is 0. The fourth-order valence-electron chi connectivity index (χ4n) is 2.91. The first-order chi connectivity index (χ1) is 9.05. The third kappa shape index (κ3) is 2.45. The van der Waals surface area contributed by atoms with Crippen LogP contribution in [-0.2, 0) is 6.42 Å². The second-order valence-corrected chi connectivity index (χ2v) is 5.88. The molecule has 4 heteroatoms. The first-order valence-electron chi connectivity index (χ1n) is 6.94. The zero-order chi connectivity index (χ0) is 13.5. The molecule has 2 aliphatic rings. The van der Waals surface area contributed by atoms with Crippen LogP contribution in [0.15, 0.2) is 18.2 Å². The van der Waals surface area contributed by atoms with Gasteiger partial charge in [0.15, 0.2) is 0 Å². The minimum atomic E-state index is -0.731. The Hall–Kier alpha value is -1.55. The molecule has 4 nitrogen and oxygen atoms in total. The van der Waals surface area contributed by atoms with Crippen LogP contribution in [0.5, 0.6) is 0 Å². The van der Waals surface area contributed by atoms with Crippen molar-refractivity contribution in [2.75, 3.05) is 25.0 Å². The number of hydrogen-bond donors (Lipinski definition) is 2. The Labute approximate surface area is 113 Å². The maximum Gasteiger partial charge on any atom is 0.253 e. The average molecular weight is 260 g/mol. The lowest BCUT2D eigenvalue weighted by Crippen LogP contribution is -2.34. The van der Waals surface area contributed by atoms with Crippen molar-refractivity contribution in [2.24, 2.45) is 0 Å². The van der Waals surface area contributed by atoms with Crippen molar-refractivity contribution in [3.8, 4) is 0 Å². The van der Waals surface area contributed by atoms with Gasteiger partial charge in [-0.25, -0.2) is 0 Å². The van der Waals surface area contributed by atoms with E-state index in [2.05, 4.69) is 5.32 Å². The van der Waals surface area contributed by atoms with E-state index >= 15 is 0 Å². The normalized spacial score (nSPS) is 25.9. The molecule has 0 spiro atoms. The third-order valence-electron chi connectivity index (χ3n) is 4.03. The summed E-state index contributed by atoms with van der Waals surface area (Å²) in [6.07, 6.45) is 2.80. The average Bonchev–Trinajstić information content (AvgIpc) is 2.78. The summed E-state index contributed by atoms with van der Waals surface area (Å²) in [6, 6.07) is 5.87. The van der Waals surface area contributed by atoms with Gasteiger partial charge >= 0.3 is 0 Å². The molecular formula is C15H20N2O2. The molecule has 0 radical (unpaired) electrons. The topological polar surface area (TPSA) is 52.6 Å². The van der Waals surface area contributed by atoms with E-state index in [1.54, 1.807) is 11.8 Å². The molecule has 1 unspecified atom stereocenters. The Kier molecular flexibility index (Phi) is 2.97. The maximum absolute atomic E-state index is 12.4. The van der Waals surface area contributed by atoms with Gasteiger partial charge < -0.3 is 15.3 Å². The molecule has 1 atom stereocenters. The van der Waals surface area contributed by atoms with E-state index in [-0.39, 0.29) is 5.91 Å². The quantitative estimate of drug-likeness (QED) is 0.807. The van der Waals surface area contributed by atoms with E-state index in [9.17, 15) is 9.90 Å². The molecule has 0 bridgehead atoms. The first-order valence-corrected chi connectivity index (χ1v) is 6.94. The van der Waals surface area contributed by atoms with Crippen molar-refractivity contribution < 1.29 is 9.90 Å². The molecule has 0 aliphatic carbocycles. The van der Waals surface area contributed by atoms with E-state index in [0.717, 1.165) is 30.6 Å². The van der Waals surface area contributed by atoms with Crippen LogP contribution in [0.2, 0.25) is 0 Å². The highest BCUT2D eigenvalue weighted by Gasteiger charge is 2.34. The van der Waals surface area contributed by atoms with Crippen molar-refractivity contribution in [3.63, 3.8) is 0 Å². The number of carbonyl (C=O) groups excluding carboxylic acids is 1. The molecule has 19 heavy (non-hydrogen) atoms. The van der Waals surface area contributed by atoms with E-state index in [4.69, 9.17) is 0 Å². The van der Waals surface area contributed by atoms with Gasteiger partial charge in [-0.3, -0.25) is 4.79 Å². The SMILES string of the molecule is CC1(O)CCN(C(=O)c2ccc3c(c2)CCCN3)C1. The first kappa shape index (κ1) is 12.5. The minimum absolute atomic E-state index is 0.0335. The van der Waals surface area contributed by atoms with Gasteiger partial charge in [-0.05, 0) is 49.9 Å². The van der Waals surface area contributed by atoms with E-state index in [1.165, 1.54) is 5.56 Å². The molecule has 0 saturated carbocycles. The Bertz CT molecular complexity index is 511. The molecule has 102 valence electrons. The van der Waals surface area contributed by atoms with Crippen LogP contribution in [0.1, 0.15) is 35.7 Å². The molecule has 2 aliphatic heterocycles. The van der Waals surface area contributed by atoms with Crippen LogP contribution in [0.3, 0.4) is 0 Å². The number of nitrogens with one attached hydrogen (secondary N) is 1. The second kappa shape index (κ2) is 4.53. The summed E-state index contributed by atoms with van der Waals surface area (Å²) >= 11 is 0. The largest absolute Gasteiger partial charge is 0.388 e. The summed E-state index contributed by atoms with van der Waals surface area (Å²) in [6.45, 7) is 3.87. The van der Waals surface area contributed by atoms with Gasteiger partial charge in [-0.15, -0.1) is 0 Å². The highest BCUT2D eigenvalue weighted by molar-refractivity contribution is 5.95. The Morgan fingerprint density at radius 3 is 3.05 bits per heavy atom. The van der Waals surface area contributed by atoms with Gasteiger partial charge in [0.05, 0.1) is 5.60 Å². The summed E-state index contributed by atoms with van der Waals surface area (Å²) in [5, 5.41) is 13.3. The molecule has 1 saturated heterocycles. The molecule has 1 fully saturated rings. The van der Waals surface area contributed by atoms with Crippen LogP contribution in [0.4, 0.5) is 5.69 Å². The number of aryl methyl sites for hydroxylation is 1. The van der Waals surface area contributed by atoms with Crippen LogP contribution in [-0.4, -0.2) is 41.1 Å². The van der Waals surface area contributed by atoms with Crippen LogP contribution in [0.25, 0.3) is 0 Å². The van der Waals surface area contributed by atoms with Gasteiger partial charge in [-0.2, -0.15) is 0 Å². The molecule has 2 heterocycles. The Morgan fingerprint density at radius 2 is 2.32 bits per heavy atom. The monoisotopic (exact) mass is 260 g/mol. The van der Waals surface area contributed by atoms with Crippen molar-refractivity contribution in [1.29, 1.82) is 0 Å². The number of fused-ring (bicyclic) bond motifs is 1. The Morgan fingerprint density at radius 1 is 1.47 bits per heavy atom. The highest BCUT2D eigenvalue weighted by atomic mass is 16.3. The fourth-order valence-corrected chi connectivity index (χ4v) is 2.91. The lowest BCUT2D eigenvalue weighted by molar-refractivity contribution is 0.0572. The van der Waals surface area contributed by atoms with Gasteiger partial charge in [0, 0.05) is 30.9 Å². The zero-order valence-corrected chi connectivity index (χ0v) is 11.3. The van der Waals surface area contributed by atoms with E-state index < -0.39 is 5.60 Å². The Balaban J connectivity index is 1.81. The maximum atomic E-state index is 12.4. The smallest absolute Gasteiger partial charge is 0.253 e. The highest BCUT2D eigenvalue weighted by Crippen LogP contribution is 2.26. The van der Waals surface area contributed by atoms with Crippen LogP contribution < -0.4 is 5.32 Å². The van der Waals surface area contributed by atoms with Crippen molar-refractivity contribution in [1.82, 2.24) is 4.90 Å². The molecule has 1 aromatic rings. The fraction of sp³-hybridized carbons (Fsp3) is 0.533. The number of likely N-dealkylation sites (tertiary alicyclic amines) is 1. The number of anilines is 1. The number of carbonyl (C=O) groups is 1. The summed E-state index contributed by atoms with van der Waals surface area (Å²) in [7, 11) is 0. The number of rotatable bonds is 1. The molecule has 2 N–H and O–H groups in total. The molecule has 1 amide bonds. The van der Waals surface area contributed by atoms with E-state index in [0.29, 0.717) is 19.5 Å². The number of amides is 1. The third-order valence-corrected chi connectivity index (χ3v) is 4.03. The standard InChI is InChI=1S/C15H20N2O2/c1-15(19)6-8-17(10-15)14(18)12-4-5-13-11(9-12)3-2-7-16-13/h4-5,9,16,19H,2-3,6-8,10H2,1H3. The van der Waals surface area contributed by atoms with Crippen LogP contribution in [0, 0.1) is 0 Å². The van der Waals surface area contributed by atoms with Crippen molar-refractivity contribution in [2.45, 2.75) is 31.8 Å². The second-order valence-electron chi connectivity index (χ2n) is 5.88. The van der Waals surface area contributed by atoms with Gasteiger partial charge in [0.25, 0.3) is 5.91 Å². The van der Waals surface area contributed by atoms with Crippen LogP contribution >= 0.6 is 0 Å². The van der Waals surface area contributed by atoms with Crippen molar-refractivity contribution >= 4 is 11.6 Å². The van der Waals surface area contributed by atoms with Crippen molar-refractivity contribution in [3.05, 3.63) is 29.3 Å². The number of nitrogens with zero attached hydrogens (tertiary/aromatic N) is 1. The lowest BCUT2D eigenvalue weighted by Gasteiger charge is -2.21. The van der Waals surface area contributed by atoms with Gasteiger partial charge in [-0.1, -0.05) is 0 Å². The number of aliphatic hydroxyl groups is 1. The molecule has 1 aromatic carbocycles. The van der Waals surface area contributed by atoms with E-state index in [1.807, 2.05) is 18.2 Å². The number of benzene rings is 1. The lowest BCUT2D eigenvalue weighted by atomic mass is 10.0. The zero-order valence-electron chi connectivity index (χ0n) is 11.3. The summed E-state index contributed by atoms with van der Waals surface area (Å²) in [5.41, 5.74) is 2.38. The van der Waals surface area contributed by atoms with Gasteiger partial charge in [0.2, 0.25) is 0 Å². The molecule has 0 aromatic heterocycles. The summed E-state index contributed by atoms with van der Waals surface area (Å²) in [4.78, 5) is 14.2. The predicted octanol–water partition coefficient (Wildman–Crippen LogP) is 1.64. The molecule has 3 rings (SSSR count). The summed E-state index contributed by atoms with van der Waals surface area (Å²) in [5.74, 6) is 0.0335. The molecular weight excluding hydrogens is 240 g/mol. The minimum Gasteiger partial charge on any atom is -0.388 e.